The fourth-order valence-electron chi connectivity index (χ4n) is 1.61. The van der Waals surface area contributed by atoms with Crippen molar-refractivity contribution in [2.45, 2.75) is 4.90 Å². The fourth-order valence-corrected chi connectivity index (χ4v) is 2.55. The van der Waals surface area contributed by atoms with Crippen LogP contribution in [0.1, 0.15) is 10.4 Å². The van der Waals surface area contributed by atoms with E-state index < -0.39 is 5.97 Å². The molecule has 0 aliphatic carbocycles. The number of thioether (sulfide) groups is 1. The summed E-state index contributed by atoms with van der Waals surface area (Å²) in [6.07, 6.45) is 0. The summed E-state index contributed by atoms with van der Waals surface area (Å²) in [4.78, 5) is 24.1. The number of halogens is 1. The van der Waals surface area contributed by atoms with Crippen molar-refractivity contribution in [3.05, 3.63) is 58.6 Å². The molecule has 0 amide bonds. The van der Waals surface area contributed by atoms with Crippen molar-refractivity contribution in [2.24, 2.45) is 0 Å². The summed E-state index contributed by atoms with van der Waals surface area (Å²) >= 11 is 4.76. The van der Waals surface area contributed by atoms with Crippen LogP contribution in [0.15, 0.2) is 57.9 Å². The summed E-state index contributed by atoms with van der Waals surface area (Å²) in [5, 5.41) is 0. The van der Waals surface area contributed by atoms with Crippen LogP contribution in [0, 0.1) is 0 Å². The van der Waals surface area contributed by atoms with Crippen molar-refractivity contribution in [3.8, 4) is 5.75 Å². The van der Waals surface area contributed by atoms with Gasteiger partial charge in [-0.05, 0) is 48.5 Å². The molecule has 0 spiro atoms. The summed E-state index contributed by atoms with van der Waals surface area (Å²) in [7, 11) is 1.32. The first kappa shape index (κ1) is 16.6. The Bertz CT molecular complexity index is 653. The standard InChI is InChI=1S/C16H13BrO4S/c1-20-16(19)11-2-6-13(7-3-11)21-15(18)10-22-14-8-4-12(17)5-9-14/h2-9H,10H2,1H3. The van der Waals surface area contributed by atoms with E-state index in [9.17, 15) is 9.59 Å². The van der Waals surface area contributed by atoms with Gasteiger partial charge in [0.05, 0.1) is 18.4 Å². The van der Waals surface area contributed by atoms with Gasteiger partial charge in [-0.2, -0.15) is 0 Å². The first-order valence-electron chi connectivity index (χ1n) is 6.36. The molecule has 2 aromatic rings. The van der Waals surface area contributed by atoms with Gasteiger partial charge in [0, 0.05) is 9.37 Å². The van der Waals surface area contributed by atoms with Crippen LogP contribution < -0.4 is 4.74 Å². The Morgan fingerprint density at radius 1 is 1.05 bits per heavy atom. The van der Waals surface area contributed by atoms with Crippen LogP contribution in [0.3, 0.4) is 0 Å². The lowest BCUT2D eigenvalue weighted by Gasteiger charge is -2.05. The Kier molecular flexibility index (Phi) is 6.03. The van der Waals surface area contributed by atoms with Gasteiger partial charge in [0.1, 0.15) is 5.75 Å². The van der Waals surface area contributed by atoms with E-state index >= 15 is 0 Å². The topological polar surface area (TPSA) is 52.6 Å². The van der Waals surface area contributed by atoms with Crippen molar-refractivity contribution in [1.82, 2.24) is 0 Å². The van der Waals surface area contributed by atoms with Crippen LogP contribution in [-0.4, -0.2) is 24.8 Å². The molecule has 0 bridgehead atoms. The Hall–Kier alpha value is -1.79. The average molecular weight is 381 g/mol. The number of carbonyl (C=O) groups excluding carboxylic acids is 2. The Morgan fingerprint density at radius 3 is 2.27 bits per heavy atom. The molecule has 0 heterocycles. The van der Waals surface area contributed by atoms with E-state index in [0.29, 0.717) is 11.3 Å². The molecule has 6 heteroatoms. The van der Waals surface area contributed by atoms with Crippen molar-refractivity contribution in [2.75, 3.05) is 12.9 Å². The molecule has 0 fully saturated rings. The van der Waals surface area contributed by atoms with Crippen LogP contribution in [0.25, 0.3) is 0 Å². The highest BCUT2D eigenvalue weighted by Crippen LogP contribution is 2.21. The van der Waals surface area contributed by atoms with E-state index in [1.165, 1.54) is 18.9 Å². The molecular formula is C16H13BrO4S. The molecule has 0 saturated heterocycles. The number of hydrogen-bond acceptors (Lipinski definition) is 5. The monoisotopic (exact) mass is 380 g/mol. The first-order valence-corrected chi connectivity index (χ1v) is 8.14. The minimum Gasteiger partial charge on any atom is -0.465 e. The molecule has 22 heavy (non-hydrogen) atoms. The summed E-state index contributed by atoms with van der Waals surface area (Å²) in [6, 6.07) is 13.9. The zero-order valence-electron chi connectivity index (χ0n) is 11.7. The lowest BCUT2D eigenvalue weighted by Crippen LogP contribution is -2.10. The van der Waals surface area contributed by atoms with Gasteiger partial charge in [0.25, 0.3) is 0 Å². The van der Waals surface area contributed by atoms with Crippen LogP contribution in [0.2, 0.25) is 0 Å². The maximum atomic E-state index is 11.8. The first-order chi connectivity index (χ1) is 10.6. The van der Waals surface area contributed by atoms with Crippen LogP contribution in [0.5, 0.6) is 5.75 Å². The molecule has 0 radical (unpaired) electrons. The zero-order valence-corrected chi connectivity index (χ0v) is 14.1. The Labute approximate surface area is 140 Å². The predicted octanol–water partition coefficient (Wildman–Crippen LogP) is 3.93. The third-order valence-corrected chi connectivity index (χ3v) is 4.19. The van der Waals surface area contributed by atoms with Crippen LogP contribution in [0.4, 0.5) is 0 Å². The zero-order chi connectivity index (χ0) is 15.9. The second-order valence-corrected chi connectivity index (χ2v) is 6.20. The van der Waals surface area contributed by atoms with E-state index in [1.54, 1.807) is 24.3 Å². The Morgan fingerprint density at radius 2 is 1.68 bits per heavy atom. The third-order valence-electron chi connectivity index (χ3n) is 2.68. The van der Waals surface area contributed by atoms with Crippen LogP contribution >= 0.6 is 27.7 Å². The molecule has 2 rings (SSSR count). The van der Waals surface area contributed by atoms with Gasteiger partial charge in [0.15, 0.2) is 0 Å². The summed E-state index contributed by atoms with van der Waals surface area (Å²) < 4.78 is 10.8. The van der Waals surface area contributed by atoms with Gasteiger partial charge in [-0.25, -0.2) is 4.79 Å². The lowest BCUT2D eigenvalue weighted by molar-refractivity contribution is -0.131. The number of rotatable bonds is 5. The van der Waals surface area contributed by atoms with E-state index in [-0.39, 0.29) is 11.7 Å². The highest BCUT2D eigenvalue weighted by Gasteiger charge is 2.08. The predicted molar refractivity (Wildman–Crippen MR) is 88.3 cm³/mol. The Balaban J connectivity index is 1.86. The van der Waals surface area contributed by atoms with E-state index in [4.69, 9.17) is 4.74 Å². The third kappa shape index (κ3) is 4.89. The number of hydrogen-bond donors (Lipinski definition) is 0. The van der Waals surface area contributed by atoms with Gasteiger partial charge in [-0.15, -0.1) is 11.8 Å². The lowest BCUT2D eigenvalue weighted by atomic mass is 10.2. The smallest absolute Gasteiger partial charge is 0.337 e. The van der Waals surface area contributed by atoms with Crippen LogP contribution in [-0.2, 0) is 9.53 Å². The van der Waals surface area contributed by atoms with Crippen molar-refractivity contribution >= 4 is 39.6 Å². The van der Waals surface area contributed by atoms with Gasteiger partial charge in [0.2, 0.25) is 0 Å². The van der Waals surface area contributed by atoms with Crippen molar-refractivity contribution in [3.63, 3.8) is 0 Å². The number of carbonyl (C=O) groups is 2. The molecule has 0 N–H and O–H groups in total. The summed E-state index contributed by atoms with van der Waals surface area (Å²) in [5.41, 5.74) is 0.409. The summed E-state index contributed by atoms with van der Waals surface area (Å²) in [5.74, 6) is -0.170. The molecule has 114 valence electrons. The number of esters is 2. The second-order valence-electron chi connectivity index (χ2n) is 4.23. The average Bonchev–Trinajstić information content (AvgIpc) is 2.54. The number of methoxy groups -OCH3 is 1. The quantitative estimate of drug-likeness (QED) is 0.446. The largest absolute Gasteiger partial charge is 0.465 e. The highest BCUT2D eigenvalue weighted by molar-refractivity contribution is 9.10. The van der Waals surface area contributed by atoms with Gasteiger partial charge < -0.3 is 9.47 Å². The second kappa shape index (κ2) is 8.00. The van der Waals surface area contributed by atoms with Gasteiger partial charge >= 0.3 is 11.9 Å². The maximum Gasteiger partial charge on any atom is 0.337 e. The SMILES string of the molecule is COC(=O)c1ccc(OC(=O)CSc2ccc(Br)cc2)cc1. The molecule has 0 unspecified atom stereocenters. The summed E-state index contributed by atoms with van der Waals surface area (Å²) in [6.45, 7) is 0. The van der Waals surface area contributed by atoms with E-state index in [1.807, 2.05) is 24.3 Å². The normalized spacial score (nSPS) is 10.1. The fraction of sp³-hybridized carbons (Fsp3) is 0.125. The molecule has 0 saturated carbocycles. The molecule has 0 aliphatic heterocycles. The van der Waals surface area contributed by atoms with E-state index in [0.717, 1.165) is 9.37 Å². The molecule has 2 aromatic carbocycles. The molecule has 0 aliphatic rings. The minimum absolute atomic E-state index is 0.209. The highest BCUT2D eigenvalue weighted by atomic mass is 79.9. The number of ether oxygens (including phenoxy) is 2. The molecule has 0 atom stereocenters. The van der Waals surface area contributed by atoms with Gasteiger partial charge in [-0.3, -0.25) is 4.79 Å². The van der Waals surface area contributed by atoms with Gasteiger partial charge in [-0.1, -0.05) is 15.9 Å². The minimum atomic E-state index is -0.427. The van der Waals surface area contributed by atoms with Crippen molar-refractivity contribution < 1.29 is 19.1 Å². The number of benzene rings is 2. The molecule has 0 aromatic heterocycles. The molecule has 4 nitrogen and oxygen atoms in total. The molecular weight excluding hydrogens is 368 g/mol. The maximum absolute atomic E-state index is 11.8. The van der Waals surface area contributed by atoms with E-state index in [2.05, 4.69) is 20.7 Å². The van der Waals surface area contributed by atoms with Crippen molar-refractivity contribution in [1.29, 1.82) is 0 Å².